The molecule has 0 aliphatic rings. The summed E-state index contributed by atoms with van der Waals surface area (Å²) in [6, 6.07) is 1.72. The number of hydrogen-bond donors (Lipinski definition) is 2. The maximum atomic E-state index is 12.4. The summed E-state index contributed by atoms with van der Waals surface area (Å²) in [5, 5.41) is 9.94. The molecule has 0 aromatic carbocycles. The number of carbonyl (C=O) groups is 1. The lowest BCUT2D eigenvalue weighted by Crippen LogP contribution is -2.36. The van der Waals surface area contributed by atoms with Crippen molar-refractivity contribution in [2.24, 2.45) is 0 Å². The predicted octanol–water partition coefficient (Wildman–Crippen LogP) is 1.61. The summed E-state index contributed by atoms with van der Waals surface area (Å²) in [7, 11) is 1.87. The van der Waals surface area contributed by atoms with Gasteiger partial charge in [-0.3, -0.25) is 9.59 Å². The molecule has 27 heavy (non-hydrogen) atoms. The van der Waals surface area contributed by atoms with E-state index in [2.05, 4.69) is 20.8 Å². The summed E-state index contributed by atoms with van der Waals surface area (Å²) in [6.45, 7) is 9.34. The molecule has 2 heterocycles. The molecule has 0 aliphatic heterocycles. The van der Waals surface area contributed by atoms with Gasteiger partial charge in [0.1, 0.15) is 6.54 Å². The number of aryl methyl sites for hydroxylation is 1. The van der Waals surface area contributed by atoms with E-state index in [1.54, 1.807) is 6.92 Å². The Morgan fingerprint density at radius 3 is 2.56 bits per heavy atom. The van der Waals surface area contributed by atoms with E-state index in [1.165, 1.54) is 10.6 Å². The topological polar surface area (TPSA) is 102 Å². The van der Waals surface area contributed by atoms with Gasteiger partial charge in [0.2, 0.25) is 5.91 Å². The molecule has 0 radical (unpaired) electrons. The van der Waals surface area contributed by atoms with Crippen molar-refractivity contribution in [1.82, 2.24) is 25.3 Å². The highest BCUT2D eigenvalue weighted by Gasteiger charge is 2.19. The fraction of sp³-hybridized carbons (Fsp3) is 0.556. The van der Waals surface area contributed by atoms with Crippen LogP contribution in [-0.2, 0) is 17.8 Å². The number of nitrogens with zero attached hydrogens (tertiary/aromatic N) is 3. The Balaban J connectivity index is 0.00000364. The Labute approximate surface area is 165 Å². The van der Waals surface area contributed by atoms with E-state index in [9.17, 15) is 9.59 Å². The number of hydrogen-bond acceptors (Lipinski definition) is 6. The van der Waals surface area contributed by atoms with E-state index in [0.29, 0.717) is 29.4 Å². The minimum absolute atomic E-state index is 0. The molecule has 1 unspecified atom stereocenters. The van der Waals surface area contributed by atoms with Crippen molar-refractivity contribution in [3.8, 4) is 11.5 Å². The number of carbonyl (C=O) groups excluding carboxylic acids is 1. The maximum Gasteiger partial charge on any atom is 0.259 e. The highest BCUT2D eigenvalue weighted by Crippen LogP contribution is 2.24. The lowest BCUT2D eigenvalue weighted by molar-refractivity contribution is -0.122. The highest BCUT2D eigenvalue weighted by atomic mass is 35.5. The maximum absolute atomic E-state index is 12.4. The number of pyridine rings is 1. The molecular formula is C18H28ClN5O3. The van der Waals surface area contributed by atoms with Gasteiger partial charge in [-0.05, 0) is 47.2 Å². The van der Waals surface area contributed by atoms with E-state index < -0.39 is 0 Å². The zero-order valence-electron chi connectivity index (χ0n) is 16.6. The van der Waals surface area contributed by atoms with Crippen LogP contribution < -0.4 is 16.2 Å². The van der Waals surface area contributed by atoms with Crippen molar-refractivity contribution in [3.05, 3.63) is 33.5 Å². The third kappa shape index (κ3) is 5.64. The van der Waals surface area contributed by atoms with Gasteiger partial charge in [0.05, 0.1) is 5.56 Å². The Kier molecular flexibility index (Phi) is 8.18. The van der Waals surface area contributed by atoms with Gasteiger partial charge in [0.25, 0.3) is 11.4 Å². The zero-order valence-corrected chi connectivity index (χ0v) is 17.4. The normalized spacial score (nSPS) is 12.0. The summed E-state index contributed by atoms with van der Waals surface area (Å²) in [5.41, 5.74) is 1.83. The van der Waals surface area contributed by atoms with Crippen molar-refractivity contribution in [2.45, 2.75) is 59.7 Å². The van der Waals surface area contributed by atoms with Crippen molar-refractivity contribution in [2.75, 3.05) is 7.05 Å². The first-order valence-electron chi connectivity index (χ1n) is 8.73. The molecule has 0 spiro atoms. The first-order chi connectivity index (χ1) is 12.2. The minimum atomic E-state index is -0.230. The molecule has 150 valence electrons. The zero-order chi connectivity index (χ0) is 19.4. The Bertz CT molecular complexity index is 844. The summed E-state index contributed by atoms with van der Waals surface area (Å²) >= 11 is 0. The highest BCUT2D eigenvalue weighted by molar-refractivity contribution is 5.85. The van der Waals surface area contributed by atoms with E-state index in [-0.39, 0.29) is 42.5 Å². The third-order valence-electron chi connectivity index (χ3n) is 4.18. The largest absolute Gasteiger partial charge is 0.352 e. The summed E-state index contributed by atoms with van der Waals surface area (Å²) in [6.07, 6.45) is 0.633. The first-order valence-corrected chi connectivity index (χ1v) is 8.73. The first kappa shape index (κ1) is 22.9. The average molecular weight is 398 g/mol. The molecular weight excluding hydrogens is 370 g/mol. The molecule has 2 rings (SSSR count). The Hall–Kier alpha value is -2.19. The molecule has 0 saturated carbocycles. The van der Waals surface area contributed by atoms with Crippen LogP contribution in [0.15, 0.2) is 15.4 Å². The van der Waals surface area contributed by atoms with Crippen LogP contribution in [0.5, 0.6) is 0 Å². The van der Waals surface area contributed by atoms with E-state index in [0.717, 1.165) is 5.56 Å². The van der Waals surface area contributed by atoms with Crippen molar-refractivity contribution in [3.63, 3.8) is 0 Å². The van der Waals surface area contributed by atoms with Crippen LogP contribution in [0.25, 0.3) is 11.5 Å². The van der Waals surface area contributed by atoms with Crippen LogP contribution in [0.1, 0.15) is 37.9 Å². The van der Waals surface area contributed by atoms with Gasteiger partial charge >= 0.3 is 0 Å². The number of amides is 1. The number of halogens is 1. The Morgan fingerprint density at radius 1 is 1.30 bits per heavy atom. The van der Waals surface area contributed by atoms with E-state index in [4.69, 9.17) is 4.52 Å². The third-order valence-corrected chi connectivity index (χ3v) is 4.18. The standard InChI is InChI=1S/C18H27N5O3.ClH/c1-10(2)20-15(24)9-23-13(5)17(11(3)7-16(23)25)18-21-14(22-26-18)8-12(4)19-6;/h7,10,12,19H,8-9H2,1-6H3,(H,20,24);1H. The predicted molar refractivity (Wildman–Crippen MR) is 106 cm³/mol. The lowest BCUT2D eigenvalue weighted by atomic mass is 10.1. The summed E-state index contributed by atoms with van der Waals surface area (Å²) in [5.74, 6) is 0.737. The molecule has 1 atom stereocenters. The lowest BCUT2D eigenvalue weighted by Gasteiger charge is -2.15. The molecule has 0 aliphatic carbocycles. The summed E-state index contributed by atoms with van der Waals surface area (Å²) < 4.78 is 6.85. The minimum Gasteiger partial charge on any atom is -0.352 e. The van der Waals surface area contributed by atoms with Crippen LogP contribution in [-0.4, -0.2) is 39.7 Å². The molecule has 0 fully saturated rings. The molecule has 9 heteroatoms. The molecule has 1 amide bonds. The number of likely N-dealkylation sites (N-methyl/N-ethyl adjacent to an activating group) is 1. The van der Waals surface area contributed by atoms with Gasteiger partial charge in [-0.25, -0.2) is 0 Å². The van der Waals surface area contributed by atoms with E-state index >= 15 is 0 Å². The second-order valence-electron chi connectivity index (χ2n) is 6.84. The van der Waals surface area contributed by atoms with Gasteiger partial charge in [-0.2, -0.15) is 4.98 Å². The molecule has 0 saturated heterocycles. The van der Waals surface area contributed by atoms with Crippen LogP contribution in [0.2, 0.25) is 0 Å². The average Bonchev–Trinajstić information content (AvgIpc) is 2.98. The fourth-order valence-electron chi connectivity index (χ4n) is 2.77. The number of rotatable bonds is 7. The second kappa shape index (κ2) is 9.66. The monoisotopic (exact) mass is 397 g/mol. The van der Waals surface area contributed by atoms with Gasteiger partial charge < -0.3 is 19.7 Å². The number of nitrogens with one attached hydrogen (secondary N) is 2. The quantitative estimate of drug-likeness (QED) is 0.735. The van der Waals surface area contributed by atoms with Gasteiger partial charge in [-0.1, -0.05) is 5.16 Å². The van der Waals surface area contributed by atoms with Gasteiger partial charge in [-0.15, -0.1) is 12.4 Å². The van der Waals surface area contributed by atoms with Crippen molar-refractivity contribution < 1.29 is 9.32 Å². The SMILES string of the molecule is CNC(C)Cc1noc(-c2c(C)cc(=O)n(CC(=O)NC(C)C)c2C)n1.Cl. The number of aromatic nitrogens is 3. The Morgan fingerprint density at radius 2 is 1.96 bits per heavy atom. The smallest absolute Gasteiger partial charge is 0.259 e. The van der Waals surface area contributed by atoms with Crippen LogP contribution in [0, 0.1) is 13.8 Å². The van der Waals surface area contributed by atoms with Crippen molar-refractivity contribution >= 4 is 18.3 Å². The summed E-state index contributed by atoms with van der Waals surface area (Å²) in [4.78, 5) is 28.9. The molecule has 2 aromatic rings. The van der Waals surface area contributed by atoms with Gasteiger partial charge in [0.15, 0.2) is 5.82 Å². The fourth-order valence-corrected chi connectivity index (χ4v) is 2.77. The van der Waals surface area contributed by atoms with Crippen molar-refractivity contribution in [1.29, 1.82) is 0 Å². The van der Waals surface area contributed by atoms with Crippen LogP contribution in [0.4, 0.5) is 0 Å². The van der Waals surface area contributed by atoms with Gasteiger partial charge in [0, 0.05) is 30.3 Å². The molecule has 0 bridgehead atoms. The molecule has 8 nitrogen and oxygen atoms in total. The van der Waals surface area contributed by atoms with Crippen LogP contribution in [0.3, 0.4) is 0 Å². The molecule has 2 N–H and O–H groups in total. The van der Waals surface area contributed by atoms with Crippen LogP contribution >= 0.6 is 12.4 Å². The van der Waals surface area contributed by atoms with E-state index in [1.807, 2.05) is 34.7 Å². The second-order valence-corrected chi connectivity index (χ2v) is 6.84. The molecule has 2 aromatic heterocycles.